The van der Waals surface area contributed by atoms with Crippen LogP contribution in [0.15, 0.2) is 18.2 Å². The highest BCUT2D eigenvalue weighted by atomic mass is 35.5. The Labute approximate surface area is 103 Å². The topological polar surface area (TPSA) is 32.3 Å². The smallest absolute Gasteiger partial charge is 0.120 e. The van der Waals surface area contributed by atoms with E-state index >= 15 is 0 Å². The van der Waals surface area contributed by atoms with E-state index in [2.05, 4.69) is 26.1 Å². The standard InChI is InChI=1S/C13H20ClNO/c1-9(2)6-10(3)15-8-11-7-12(14)4-5-13(11)16/h4-5,7,9-10,15-16H,6,8H2,1-3H3. The molecule has 1 unspecified atom stereocenters. The van der Waals surface area contributed by atoms with Crippen LogP contribution in [0.5, 0.6) is 5.75 Å². The molecule has 16 heavy (non-hydrogen) atoms. The fraction of sp³-hybridized carbons (Fsp3) is 0.538. The normalized spacial score (nSPS) is 13.1. The Hall–Kier alpha value is -0.730. The third kappa shape index (κ3) is 4.42. The summed E-state index contributed by atoms with van der Waals surface area (Å²) < 4.78 is 0. The minimum absolute atomic E-state index is 0.300. The summed E-state index contributed by atoms with van der Waals surface area (Å²) in [4.78, 5) is 0. The summed E-state index contributed by atoms with van der Waals surface area (Å²) in [5, 5.41) is 13.7. The number of phenols is 1. The summed E-state index contributed by atoms with van der Waals surface area (Å²) in [5.41, 5.74) is 0.850. The summed E-state index contributed by atoms with van der Waals surface area (Å²) in [6.07, 6.45) is 1.13. The predicted molar refractivity (Wildman–Crippen MR) is 68.9 cm³/mol. The van der Waals surface area contributed by atoms with Gasteiger partial charge in [0.2, 0.25) is 0 Å². The van der Waals surface area contributed by atoms with Crippen LogP contribution >= 0.6 is 11.6 Å². The van der Waals surface area contributed by atoms with Gasteiger partial charge in [0.05, 0.1) is 0 Å². The van der Waals surface area contributed by atoms with Gasteiger partial charge < -0.3 is 10.4 Å². The minimum Gasteiger partial charge on any atom is -0.508 e. The third-order valence-electron chi connectivity index (χ3n) is 2.51. The monoisotopic (exact) mass is 241 g/mol. The molecule has 1 atom stereocenters. The van der Waals surface area contributed by atoms with E-state index in [4.69, 9.17) is 11.6 Å². The van der Waals surface area contributed by atoms with Crippen LogP contribution in [-0.2, 0) is 6.54 Å². The zero-order valence-corrected chi connectivity index (χ0v) is 10.9. The van der Waals surface area contributed by atoms with Gasteiger partial charge >= 0.3 is 0 Å². The third-order valence-corrected chi connectivity index (χ3v) is 2.74. The van der Waals surface area contributed by atoms with E-state index in [1.807, 2.05) is 0 Å². The van der Waals surface area contributed by atoms with E-state index in [0.29, 0.717) is 29.3 Å². The molecule has 1 aromatic rings. The summed E-state index contributed by atoms with van der Waals surface area (Å²) in [6, 6.07) is 5.56. The molecular formula is C13H20ClNO. The van der Waals surface area contributed by atoms with Crippen LogP contribution in [0.25, 0.3) is 0 Å². The molecule has 1 rings (SSSR count). The van der Waals surface area contributed by atoms with Crippen LogP contribution in [0.1, 0.15) is 32.8 Å². The second-order valence-corrected chi connectivity index (χ2v) is 5.12. The fourth-order valence-electron chi connectivity index (χ4n) is 1.77. The van der Waals surface area contributed by atoms with Crippen LogP contribution in [-0.4, -0.2) is 11.1 Å². The van der Waals surface area contributed by atoms with E-state index in [9.17, 15) is 5.11 Å². The second-order valence-electron chi connectivity index (χ2n) is 4.68. The first-order valence-electron chi connectivity index (χ1n) is 5.69. The maximum atomic E-state index is 9.63. The SMILES string of the molecule is CC(C)CC(C)NCc1cc(Cl)ccc1O. The molecule has 0 aliphatic heterocycles. The van der Waals surface area contributed by atoms with E-state index in [0.717, 1.165) is 12.0 Å². The molecule has 90 valence electrons. The Morgan fingerprint density at radius 2 is 2.00 bits per heavy atom. The number of halogens is 1. The lowest BCUT2D eigenvalue weighted by atomic mass is 10.0. The van der Waals surface area contributed by atoms with Gasteiger partial charge in [-0.2, -0.15) is 0 Å². The van der Waals surface area contributed by atoms with Gasteiger partial charge in [-0.05, 0) is 37.5 Å². The van der Waals surface area contributed by atoms with Gasteiger partial charge in [-0.25, -0.2) is 0 Å². The maximum Gasteiger partial charge on any atom is 0.120 e. The first-order chi connectivity index (χ1) is 7.49. The molecule has 0 aromatic heterocycles. The van der Waals surface area contributed by atoms with Crippen LogP contribution in [0.2, 0.25) is 5.02 Å². The highest BCUT2D eigenvalue weighted by Gasteiger charge is 2.06. The molecule has 2 nitrogen and oxygen atoms in total. The molecule has 0 heterocycles. The van der Waals surface area contributed by atoms with Gasteiger partial charge in [0.25, 0.3) is 0 Å². The lowest BCUT2D eigenvalue weighted by molar-refractivity contribution is 0.429. The van der Waals surface area contributed by atoms with Crippen molar-refractivity contribution in [3.8, 4) is 5.75 Å². The number of nitrogens with one attached hydrogen (secondary N) is 1. The van der Waals surface area contributed by atoms with Crippen LogP contribution in [0, 0.1) is 5.92 Å². The number of rotatable bonds is 5. The lowest BCUT2D eigenvalue weighted by Crippen LogP contribution is -2.26. The molecule has 0 bridgehead atoms. The molecule has 0 amide bonds. The summed E-state index contributed by atoms with van der Waals surface area (Å²) in [6.45, 7) is 7.21. The zero-order chi connectivity index (χ0) is 12.1. The van der Waals surface area contributed by atoms with Crippen LogP contribution < -0.4 is 5.32 Å². The van der Waals surface area contributed by atoms with Crippen molar-refractivity contribution in [3.05, 3.63) is 28.8 Å². The lowest BCUT2D eigenvalue weighted by Gasteiger charge is -2.16. The van der Waals surface area contributed by atoms with Gasteiger partial charge in [-0.1, -0.05) is 25.4 Å². The highest BCUT2D eigenvalue weighted by Crippen LogP contribution is 2.21. The van der Waals surface area contributed by atoms with Crippen molar-refractivity contribution in [3.63, 3.8) is 0 Å². The molecule has 0 saturated carbocycles. The van der Waals surface area contributed by atoms with Crippen molar-refractivity contribution < 1.29 is 5.11 Å². The molecular weight excluding hydrogens is 222 g/mol. The maximum absolute atomic E-state index is 9.63. The van der Waals surface area contributed by atoms with Gasteiger partial charge in [-0.3, -0.25) is 0 Å². The van der Waals surface area contributed by atoms with Crippen molar-refractivity contribution in [1.29, 1.82) is 0 Å². The molecule has 2 N–H and O–H groups in total. The molecule has 0 aliphatic rings. The minimum atomic E-state index is 0.300. The molecule has 3 heteroatoms. The molecule has 0 fully saturated rings. The van der Waals surface area contributed by atoms with Crippen LogP contribution in [0.3, 0.4) is 0 Å². The highest BCUT2D eigenvalue weighted by molar-refractivity contribution is 6.30. The van der Waals surface area contributed by atoms with Crippen molar-refractivity contribution in [2.75, 3.05) is 0 Å². The molecule has 1 aromatic carbocycles. The molecule has 0 saturated heterocycles. The second kappa shape index (κ2) is 6.12. The van der Waals surface area contributed by atoms with Crippen LogP contribution in [0.4, 0.5) is 0 Å². The Morgan fingerprint density at radius 1 is 1.31 bits per heavy atom. The zero-order valence-electron chi connectivity index (χ0n) is 10.1. The van der Waals surface area contributed by atoms with E-state index in [-0.39, 0.29) is 0 Å². The van der Waals surface area contributed by atoms with Crippen molar-refractivity contribution in [1.82, 2.24) is 5.32 Å². The Bertz CT molecular complexity index is 339. The van der Waals surface area contributed by atoms with E-state index < -0.39 is 0 Å². The summed E-state index contributed by atoms with van der Waals surface area (Å²) in [5.74, 6) is 0.976. The largest absolute Gasteiger partial charge is 0.508 e. The number of hydrogen-bond donors (Lipinski definition) is 2. The summed E-state index contributed by atoms with van der Waals surface area (Å²) >= 11 is 5.88. The van der Waals surface area contributed by atoms with E-state index in [1.165, 1.54) is 0 Å². The molecule has 0 spiro atoms. The number of hydrogen-bond acceptors (Lipinski definition) is 2. The van der Waals surface area contributed by atoms with Gasteiger partial charge in [0, 0.05) is 23.2 Å². The molecule has 0 aliphatic carbocycles. The average molecular weight is 242 g/mol. The number of benzene rings is 1. The van der Waals surface area contributed by atoms with Gasteiger partial charge in [-0.15, -0.1) is 0 Å². The first-order valence-corrected chi connectivity index (χ1v) is 6.07. The Kier molecular flexibility index (Phi) is 5.10. The van der Waals surface area contributed by atoms with Crippen molar-refractivity contribution in [2.45, 2.75) is 39.8 Å². The number of aromatic hydroxyl groups is 1. The predicted octanol–water partition coefficient (Wildman–Crippen LogP) is 3.57. The molecule has 0 radical (unpaired) electrons. The van der Waals surface area contributed by atoms with Gasteiger partial charge in [0.1, 0.15) is 5.75 Å². The quantitative estimate of drug-likeness (QED) is 0.826. The Morgan fingerprint density at radius 3 is 2.62 bits per heavy atom. The van der Waals surface area contributed by atoms with Crippen molar-refractivity contribution >= 4 is 11.6 Å². The van der Waals surface area contributed by atoms with Crippen molar-refractivity contribution in [2.24, 2.45) is 5.92 Å². The first kappa shape index (κ1) is 13.3. The van der Waals surface area contributed by atoms with Gasteiger partial charge in [0.15, 0.2) is 0 Å². The fourth-order valence-corrected chi connectivity index (χ4v) is 1.96. The Balaban J connectivity index is 2.51. The number of phenolic OH excluding ortho intramolecular Hbond substituents is 1. The summed E-state index contributed by atoms with van der Waals surface area (Å²) in [7, 11) is 0. The van der Waals surface area contributed by atoms with E-state index in [1.54, 1.807) is 18.2 Å². The average Bonchev–Trinajstić information content (AvgIpc) is 2.18.